The molecule has 0 saturated carbocycles. The molecule has 5 nitrogen and oxygen atoms in total. The second-order valence-electron chi connectivity index (χ2n) is 5.21. The number of nitrogens with zero attached hydrogens (tertiary/aromatic N) is 2. The van der Waals surface area contributed by atoms with Gasteiger partial charge in [-0.1, -0.05) is 13.8 Å². The number of anilines is 2. The molecule has 0 amide bonds. The van der Waals surface area contributed by atoms with Crippen LogP contribution in [-0.2, 0) is 4.74 Å². The Morgan fingerprint density at radius 2 is 1.95 bits per heavy atom. The predicted molar refractivity (Wildman–Crippen MR) is 77.7 cm³/mol. The molecule has 0 bridgehead atoms. The van der Waals surface area contributed by atoms with Crippen molar-refractivity contribution in [2.75, 3.05) is 30.4 Å². The first-order valence-corrected chi connectivity index (χ1v) is 7.16. The predicted octanol–water partition coefficient (Wildman–Crippen LogP) is 2.62. The van der Waals surface area contributed by atoms with Gasteiger partial charge in [0.15, 0.2) is 0 Å². The lowest BCUT2D eigenvalue weighted by Gasteiger charge is -2.24. The molecule has 0 radical (unpaired) electrons. The number of aromatic nitrogens is 2. The Morgan fingerprint density at radius 1 is 1.26 bits per heavy atom. The summed E-state index contributed by atoms with van der Waals surface area (Å²) >= 11 is 0. The second kappa shape index (κ2) is 6.70. The first-order valence-electron chi connectivity index (χ1n) is 7.16. The fourth-order valence-electron chi connectivity index (χ4n) is 2.12. The van der Waals surface area contributed by atoms with Gasteiger partial charge in [0.05, 0.1) is 0 Å². The summed E-state index contributed by atoms with van der Waals surface area (Å²) in [5, 5.41) is 6.77. The summed E-state index contributed by atoms with van der Waals surface area (Å²) in [6, 6.07) is 2.45. The van der Waals surface area contributed by atoms with Gasteiger partial charge < -0.3 is 15.4 Å². The summed E-state index contributed by atoms with van der Waals surface area (Å²) in [5.74, 6) is 3.03. The molecule has 2 rings (SSSR count). The molecule has 1 saturated heterocycles. The molecular formula is C14H24N4O. The zero-order valence-corrected chi connectivity index (χ0v) is 12.1. The van der Waals surface area contributed by atoms with Crippen LogP contribution in [0.15, 0.2) is 6.07 Å². The van der Waals surface area contributed by atoms with Crippen LogP contribution in [0.1, 0.15) is 45.4 Å². The molecule has 5 heteroatoms. The molecule has 2 heterocycles. The first kappa shape index (κ1) is 14.1. The molecule has 106 valence electrons. The maximum atomic E-state index is 5.38. The Balaban J connectivity index is 2.12. The highest BCUT2D eigenvalue weighted by Gasteiger charge is 2.15. The van der Waals surface area contributed by atoms with Crippen LogP contribution >= 0.6 is 0 Å². The largest absolute Gasteiger partial charge is 0.381 e. The Bertz CT molecular complexity index is 402. The van der Waals surface area contributed by atoms with Gasteiger partial charge in [-0.15, -0.1) is 0 Å². The third kappa shape index (κ3) is 4.06. The molecular weight excluding hydrogens is 240 g/mol. The third-order valence-corrected chi connectivity index (χ3v) is 3.19. The molecule has 1 aliphatic rings. The maximum Gasteiger partial charge on any atom is 0.135 e. The van der Waals surface area contributed by atoms with E-state index in [0.717, 1.165) is 50.1 Å². The van der Waals surface area contributed by atoms with E-state index in [1.54, 1.807) is 0 Å². The third-order valence-electron chi connectivity index (χ3n) is 3.19. The smallest absolute Gasteiger partial charge is 0.135 e. The minimum atomic E-state index is 0.328. The second-order valence-corrected chi connectivity index (χ2v) is 5.21. The Hall–Kier alpha value is -1.36. The van der Waals surface area contributed by atoms with Crippen LogP contribution < -0.4 is 10.6 Å². The lowest BCUT2D eigenvalue weighted by atomic mass is 10.1. The van der Waals surface area contributed by atoms with Gasteiger partial charge in [0.25, 0.3) is 0 Å². The fourth-order valence-corrected chi connectivity index (χ4v) is 2.12. The summed E-state index contributed by atoms with van der Waals surface area (Å²) in [6.45, 7) is 8.83. The van der Waals surface area contributed by atoms with Crippen LogP contribution in [0.25, 0.3) is 0 Å². The van der Waals surface area contributed by atoms with E-state index in [1.807, 2.05) is 6.07 Å². The van der Waals surface area contributed by atoms with Crippen molar-refractivity contribution in [2.45, 2.75) is 45.6 Å². The van der Waals surface area contributed by atoms with Crippen molar-refractivity contribution in [1.29, 1.82) is 0 Å². The summed E-state index contributed by atoms with van der Waals surface area (Å²) < 4.78 is 5.38. The molecule has 0 spiro atoms. The summed E-state index contributed by atoms with van der Waals surface area (Å²) in [6.07, 6.45) is 2.08. The van der Waals surface area contributed by atoms with E-state index < -0.39 is 0 Å². The van der Waals surface area contributed by atoms with E-state index in [2.05, 4.69) is 41.4 Å². The van der Waals surface area contributed by atoms with Crippen LogP contribution in [0.3, 0.4) is 0 Å². The van der Waals surface area contributed by atoms with Crippen LogP contribution in [0.4, 0.5) is 11.6 Å². The van der Waals surface area contributed by atoms with Gasteiger partial charge in [-0.25, -0.2) is 9.97 Å². The van der Waals surface area contributed by atoms with E-state index in [1.165, 1.54) is 0 Å². The monoisotopic (exact) mass is 264 g/mol. The average Bonchev–Trinajstić information content (AvgIpc) is 2.40. The number of hydrogen-bond donors (Lipinski definition) is 2. The Kier molecular flexibility index (Phi) is 4.96. The van der Waals surface area contributed by atoms with Crippen LogP contribution in [0.2, 0.25) is 0 Å². The van der Waals surface area contributed by atoms with Crippen molar-refractivity contribution in [3.63, 3.8) is 0 Å². The Morgan fingerprint density at radius 3 is 2.58 bits per heavy atom. The molecule has 1 aliphatic heterocycles. The number of hydrogen-bond acceptors (Lipinski definition) is 5. The Labute approximate surface area is 115 Å². The molecule has 1 aromatic heterocycles. The summed E-state index contributed by atoms with van der Waals surface area (Å²) in [4.78, 5) is 9.14. The van der Waals surface area contributed by atoms with E-state index in [0.29, 0.717) is 12.0 Å². The fraction of sp³-hybridized carbons (Fsp3) is 0.714. The van der Waals surface area contributed by atoms with Crippen LogP contribution in [0.5, 0.6) is 0 Å². The van der Waals surface area contributed by atoms with E-state index in [4.69, 9.17) is 4.74 Å². The maximum absolute atomic E-state index is 5.38. The van der Waals surface area contributed by atoms with Crippen molar-refractivity contribution in [1.82, 2.24) is 9.97 Å². The quantitative estimate of drug-likeness (QED) is 0.856. The van der Waals surface area contributed by atoms with Gasteiger partial charge in [-0.05, 0) is 19.8 Å². The topological polar surface area (TPSA) is 59.1 Å². The average molecular weight is 264 g/mol. The van der Waals surface area contributed by atoms with E-state index >= 15 is 0 Å². The van der Waals surface area contributed by atoms with Crippen molar-refractivity contribution >= 4 is 11.6 Å². The standard InChI is InChI=1S/C14H24N4O/c1-4-15-12-9-13(18-14(17-12)10(2)3)16-11-5-7-19-8-6-11/h9-11H,4-8H2,1-3H3,(H2,15,16,17,18). The molecule has 1 aromatic rings. The van der Waals surface area contributed by atoms with Gasteiger partial charge in [-0.3, -0.25) is 0 Å². The molecule has 0 unspecified atom stereocenters. The summed E-state index contributed by atoms with van der Waals surface area (Å²) in [5.41, 5.74) is 0. The van der Waals surface area contributed by atoms with E-state index in [-0.39, 0.29) is 0 Å². The normalized spacial score (nSPS) is 16.6. The highest BCUT2D eigenvalue weighted by Crippen LogP contribution is 2.19. The van der Waals surface area contributed by atoms with Gasteiger partial charge in [0, 0.05) is 37.8 Å². The lowest BCUT2D eigenvalue weighted by molar-refractivity contribution is 0.0904. The van der Waals surface area contributed by atoms with Crippen molar-refractivity contribution in [2.24, 2.45) is 0 Å². The molecule has 0 aromatic carbocycles. The van der Waals surface area contributed by atoms with Crippen LogP contribution in [-0.4, -0.2) is 35.8 Å². The van der Waals surface area contributed by atoms with Crippen molar-refractivity contribution in [3.8, 4) is 0 Å². The molecule has 1 fully saturated rings. The van der Waals surface area contributed by atoms with Crippen molar-refractivity contribution < 1.29 is 4.74 Å². The van der Waals surface area contributed by atoms with Crippen LogP contribution in [0, 0.1) is 0 Å². The highest BCUT2D eigenvalue weighted by atomic mass is 16.5. The van der Waals surface area contributed by atoms with E-state index in [9.17, 15) is 0 Å². The SMILES string of the molecule is CCNc1cc(NC2CCOCC2)nc(C(C)C)n1. The highest BCUT2D eigenvalue weighted by molar-refractivity contribution is 5.48. The molecule has 19 heavy (non-hydrogen) atoms. The number of rotatable bonds is 5. The number of nitrogens with one attached hydrogen (secondary N) is 2. The molecule has 0 aliphatic carbocycles. The molecule has 2 N–H and O–H groups in total. The first-order chi connectivity index (χ1) is 9.19. The van der Waals surface area contributed by atoms with Gasteiger partial charge >= 0.3 is 0 Å². The zero-order valence-electron chi connectivity index (χ0n) is 12.1. The minimum absolute atomic E-state index is 0.328. The van der Waals surface area contributed by atoms with Gasteiger partial charge in [0.1, 0.15) is 17.5 Å². The minimum Gasteiger partial charge on any atom is -0.381 e. The van der Waals surface area contributed by atoms with Gasteiger partial charge in [0.2, 0.25) is 0 Å². The van der Waals surface area contributed by atoms with Gasteiger partial charge in [-0.2, -0.15) is 0 Å². The number of ether oxygens (including phenoxy) is 1. The van der Waals surface area contributed by atoms with Crippen molar-refractivity contribution in [3.05, 3.63) is 11.9 Å². The summed E-state index contributed by atoms with van der Waals surface area (Å²) in [7, 11) is 0. The zero-order chi connectivity index (χ0) is 13.7. The molecule has 0 atom stereocenters. The lowest BCUT2D eigenvalue weighted by Crippen LogP contribution is -2.28.